The molecule has 62 valence electrons. The molecule has 0 amide bonds. The van der Waals surface area contributed by atoms with Gasteiger partial charge in [0.05, 0.1) is 10.8 Å². The SMILES string of the molecule is Cc1ccc(N=C2SCS2)cc1. The van der Waals surface area contributed by atoms with Gasteiger partial charge >= 0.3 is 0 Å². The second-order valence-electron chi connectivity index (χ2n) is 2.62. The molecule has 3 heteroatoms. The smallest absolute Gasteiger partial charge is 0.132 e. The van der Waals surface area contributed by atoms with E-state index < -0.39 is 0 Å². The predicted molar refractivity (Wildman–Crippen MR) is 58.3 cm³/mol. The minimum Gasteiger partial charge on any atom is -0.235 e. The van der Waals surface area contributed by atoms with Crippen molar-refractivity contribution in [3.8, 4) is 0 Å². The normalized spacial score (nSPS) is 15.6. The van der Waals surface area contributed by atoms with Crippen LogP contribution in [0.25, 0.3) is 0 Å². The molecule has 1 nitrogen and oxygen atoms in total. The Morgan fingerprint density at radius 2 is 1.83 bits per heavy atom. The number of rotatable bonds is 1. The summed E-state index contributed by atoms with van der Waals surface area (Å²) in [6.45, 7) is 2.09. The van der Waals surface area contributed by atoms with Crippen molar-refractivity contribution in [3.63, 3.8) is 0 Å². The molecule has 12 heavy (non-hydrogen) atoms. The average Bonchev–Trinajstić information content (AvgIpc) is 2.00. The third-order valence-electron chi connectivity index (χ3n) is 1.62. The summed E-state index contributed by atoms with van der Waals surface area (Å²) in [6.07, 6.45) is 0. The number of nitrogens with zero attached hydrogens (tertiary/aromatic N) is 1. The van der Waals surface area contributed by atoms with E-state index in [9.17, 15) is 0 Å². The second-order valence-corrected chi connectivity index (χ2v) is 5.17. The fourth-order valence-electron chi connectivity index (χ4n) is 0.901. The van der Waals surface area contributed by atoms with E-state index in [-0.39, 0.29) is 0 Å². The molecule has 1 aromatic rings. The Hall–Kier alpha value is -0.410. The van der Waals surface area contributed by atoms with Crippen molar-refractivity contribution in [2.45, 2.75) is 6.92 Å². The van der Waals surface area contributed by atoms with E-state index in [1.165, 1.54) is 9.94 Å². The summed E-state index contributed by atoms with van der Waals surface area (Å²) in [5.41, 5.74) is 2.35. The first kappa shape index (κ1) is 8.20. The van der Waals surface area contributed by atoms with Crippen LogP contribution in [-0.2, 0) is 0 Å². The van der Waals surface area contributed by atoms with Crippen LogP contribution in [0.3, 0.4) is 0 Å². The van der Waals surface area contributed by atoms with Crippen molar-refractivity contribution in [1.82, 2.24) is 0 Å². The lowest BCUT2D eigenvalue weighted by atomic mass is 10.2. The maximum absolute atomic E-state index is 4.45. The molecule has 0 N–H and O–H groups in total. The first-order chi connectivity index (χ1) is 5.84. The highest BCUT2D eigenvalue weighted by atomic mass is 32.3. The molecule has 0 saturated carbocycles. The van der Waals surface area contributed by atoms with Crippen LogP contribution < -0.4 is 0 Å². The van der Waals surface area contributed by atoms with E-state index in [2.05, 4.69) is 36.2 Å². The summed E-state index contributed by atoms with van der Waals surface area (Å²) in [4.78, 5) is 4.45. The van der Waals surface area contributed by atoms with Crippen LogP contribution in [0.4, 0.5) is 5.69 Å². The third kappa shape index (κ3) is 1.84. The highest BCUT2D eigenvalue weighted by Crippen LogP contribution is 2.34. The number of aliphatic imine (C=N–C) groups is 1. The number of aryl methyl sites for hydroxylation is 1. The highest BCUT2D eigenvalue weighted by molar-refractivity contribution is 8.52. The molecule has 0 aliphatic carbocycles. The van der Waals surface area contributed by atoms with Crippen LogP contribution in [0.1, 0.15) is 5.56 Å². The van der Waals surface area contributed by atoms with Gasteiger partial charge in [0.15, 0.2) is 0 Å². The summed E-state index contributed by atoms with van der Waals surface area (Å²) in [5.74, 6) is 0. The lowest BCUT2D eigenvalue weighted by Gasteiger charge is -2.12. The molecule has 0 radical (unpaired) electrons. The summed E-state index contributed by atoms with van der Waals surface area (Å²) in [6, 6.07) is 8.30. The molecule has 1 heterocycles. The molecule has 0 aromatic heterocycles. The van der Waals surface area contributed by atoms with Gasteiger partial charge in [-0.25, -0.2) is 4.99 Å². The standard InChI is InChI=1S/C9H9NS2/c1-7-2-4-8(5-3-7)10-9-11-6-12-9/h2-5H,6H2,1H3. The molecule has 0 spiro atoms. The van der Waals surface area contributed by atoms with E-state index in [1.54, 1.807) is 0 Å². The van der Waals surface area contributed by atoms with Gasteiger partial charge in [-0.2, -0.15) is 0 Å². The first-order valence-electron chi connectivity index (χ1n) is 3.75. The number of hydrogen-bond acceptors (Lipinski definition) is 3. The fourth-order valence-corrected chi connectivity index (χ4v) is 2.13. The zero-order valence-electron chi connectivity index (χ0n) is 6.78. The summed E-state index contributed by atoms with van der Waals surface area (Å²) in [7, 11) is 0. The minimum absolute atomic E-state index is 1.07. The second kappa shape index (κ2) is 3.54. The lowest BCUT2D eigenvalue weighted by molar-refractivity contribution is 1.44. The van der Waals surface area contributed by atoms with E-state index in [1.807, 2.05) is 23.5 Å². The van der Waals surface area contributed by atoms with Gasteiger partial charge in [-0.3, -0.25) is 0 Å². The largest absolute Gasteiger partial charge is 0.235 e. The Kier molecular flexibility index (Phi) is 2.42. The number of hydrogen-bond donors (Lipinski definition) is 0. The monoisotopic (exact) mass is 195 g/mol. The third-order valence-corrected chi connectivity index (χ3v) is 3.95. The molecule has 1 aliphatic rings. The van der Waals surface area contributed by atoms with Gasteiger partial charge in [-0.15, -0.1) is 0 Å². The van der Waals surface area contributed by atoms with E-state index in [0.717, 1.165) is 10.8 Å². The van der Waals surface area contributed by atoms with Crippen LogP contribution in [0, 0.1) is 6.92 Å². The quantitative estimate of drug-likeness (QED) is 0.680. The van der Waals surface area contributed by atoms with Crippen molar-refractivity contribution < 1.29 is 0 Å². The van der Waals surface area contributed by atoms with Crippen molar-refractivity contribution in [2.24, 2.45) is 4.99 Å². The number of benzene rings is 1. The lowest BCUT2D eigenvalue weighted by Crippen LogP contribution is -1.96. The van der Waals surface area contributed by atoms with Crippen molar-refractivity contribution in [3.05, 3.63) is 29.8 Å². The van der Waals surface area contributed by atoms with Gasteiger partial charge in [0, 0.05) is 0 Å². The Morgan fingerprint density at radius 1 is 1.17 bits per heavy atom. The highest BCUT2D eigenvalue weighted by Gasteiger charge is 2.11. The van der Waals surface area contributed by atoms with E-state index in [0.29, 0.717) is 0 Å². The Bertz CT molecular complexity index is 297. The zero-order valence-corrected chi connectivity index (χ0v) is 8.41. The zero-order chi connectivity index (χ0) is 8.39. The van der Waals surface area contributed by atoms with Crippen molar-refractivity contribution in [2.75, 3.05) is 5.08 Å². The van der Waals surface area contributed by atoms with Crippen molar-refractivity contribution in [1.29, 1.82) is 0 Å². The van der Waals surface area contributed by atoms with Crippen LogP contribution in [0.15, 0.2) is 29.3 Å². The summed E-state index contributed by atoms with van der Waals surface area (Å²) in [5, 5.41) is 1.16. The minimum atomic E-state index is 1.07. The van der Waals surface area contributed by atoms with E-state index in [4.69, 9.17) is 0 Å². The Labute approximate surface area is 80.7 Å². The maximum atomic E-state index is 4.45. The van der Waals surface area contributed by atoms with E-state index >= 15 is 0 Å². The molecule has 0 atom stereocenters. The molecule has 1 aliphatic heterocycles. The van der Waals surface area contributed by atoms with Crippen LogP contribution in [0.2, 0.25) is 0 Å². The fraction of sp³-hybridized carbons (Fsp3) is 0.222. The molecule has 0 bridgehead atoms. The van der Waals surface area contributed by atoms with Crippen LogP contribution in [0.5, 0.6) is 0 Å². The van der Waals surface area contributed by atoms with Gasteiger partial charge in [0.1, 0.15) is 4.38 Å². The van der Waals surface area contributed by atoms with Crippen molar-refractivity contribution >= 4 is 33.6 Å². The molecule has 0 unspecified atom stereocenters. The van der Waals surface area contributed by atoms with Gasteiger partial charge in [0.2, 0.25) is 0 Å². The first-order valence-corrected chi connectivity index (χ1v) is 5.73. The molecule has 2 rings (SSSR count). The summed E-state index contributed by atoms with van der Waals surface area (Å²) < 4.78 is 1.19. The van der Waals surface area contributed by atoms with Gasteiger partial charge in [0.25, 0.3) is 0 Å². The topological polar surface area (TPSA) is 12.4 Å². The Balaban J connectivity index is 2.18. The summed E-state index contributed by atoms with van der Waals surface area (Å²) >= 11 is 3.63. The molecular formula is C9H9NS2. The van der Waals surface area contributed by atoms with Gasteiger partial charge in [-0.1, -0.05) is 41.2 Å². The number of thioether (sulfide) groups is 2. The molecular weight excluding hydrogens is 186 g/mol. The molecule has 1 aromatic carbocycles. The van der Waals surface area contributed by atoms with Crippen LogP contribution in [-0.4, -0.2) is 9.46 Å². The average molecular weight is 195 g/mol. The molecule has 1 saturated heterocycles. The van der Waals surface area contributed by atoms with Crippen LogP contribution >= 0.6 is 23.5 Å². The molecule has 1 fully saturated rings. The Morgan fingerprint density at radius 3 is 2.33 bits per heavy atom. The van der Waals surface area contributed by atoms with Gasteiger partial charge < -0.3 is 0 Å². The maximum Gasteiger partial charge on any atom is 0.132 e. The van der Waals surface area contributed by atoms with Gasteiger partial charge in [-0.05, 0) is 19.1 Å². The predicted octanol–water partition coefficient (Wildman–Crippen LogP) is 3.42.